The SMILES string of the molecule is CNCCC1CCN(C(=O)C(c2ccccc2)c2ccccc2)CC1.Cl. The fraction of sp³-hybridized carbons (Fsp3) is 0.409. The molecule has 1 N–H and O–H groups in total. The van der Waals surface area contributed by atoms with Crippen LogP contribution in [-0.2, 0) is 4.79 Å². The fourth-order valence-electron chi connectivity index (χ4n) is 3.74. The normalized spacial score (nSPS) is 14.9. The highest BCUT2D eigenvalue weighted by Gasteiger charge is 2.30. The molecular weight excluding hydrogens is 344 g/mol. The fourth-order valence-corrected chi connectivity index (χ4v) is 3.74. The number of nitrogens with one attached hydrogen (secondary N) is 1. The van der Waals surface area contributed by atoms with Crippen molar-refractivity contribution in [1.29, 1.82) is 0 Å². The zero-order valence-electron chi connectivity index (χ0n) is 15.4. The third-order valence-electron chi connectivity index (χ3n) is 5.24. The van der Waals surface area contributed by atoms with Crippen LogP contribution < -0.4 is 5.32 Å². The summed E-state index contributed by atoms with van der Waals surface area (Å²) in [7, 11) is 2.00. The quantitative estimate of drug-likeness (QED) is 0.828. The summed E-state index contributed by atoms with van der Waals surface area (Å²) in [5, 5.41) is 3.23. The number of likely N-dealkylation sites (tertiary alicyclic amines) is 1. The van der Waals surface area contributed by atoms with Crippen LogP contribution in [0.15, 0.2) is 60.7 Å². The van der Waals surface area contributed by atoms with Crippen LogP contribution in [0, 0.1) is 5.92 Å². The van der Waals surface area contributed by atoms with Crippen molar-refractivity contribution in [2.45, 2.75) is 25.2 Å². The van der Waals surface area contributed by atoms with E-state index in [4.69, 9.17) is 0 Å². The second-order valence-electron chi connectivity index (χ2n) is 6.92. The van der Waals surface area contributed by atoms with Crippen molar-refractivity contribution in [3.05, 3.63) is 71.8 Å². The average molecular weight is 373 g/mol. The predicted octanol–water partition coefficient (Wildman–Crippen LogP) is 4.09. The minimum absolute atomic E-state index is 0. The lowest BCUT2D eigenvalue weighted by atomic mass is 9.88. The highest BCUT2D eigenvalue weighted by atomic mass is 35.5. The van der Waals surface area contributed by atoms with Gasteiger partial charge in [0.05, 0.1) is 5.92 Å². The number of carbonyl (C=O) groups excluding carboxylic acids is 1. The van der Waals surface area contributed by atoms with E-state index in [1.54, 1.807) is 0 Å². The zero-order valence-corrected chi connectivity index (χ0v) is 16.3. The predicted molar refractivity (Wildman–Crippen MR) is 110 cm³/mol. The molecule has 140 valence electrons. The van der Waals surface area contributed by atoms with Crippen LogP contribution >= 0.6 is 12.4 Å². The van der Waals surface area contributed by atoms with E-state index >= 15 is 0 Å². The van der Waals surface area contributed by atoms with E-state index in [9.17, 15) is 4.79 Å². The molecule has 0 unspecified atom stereocenters. The Labute approximate surface area is 163 Å². The summed E-state index contributed by atoms with van der Waals surface area (Å²) in [5.41, 5.74) is 2.16. The smallest absolute Gasteiger partial charge is 0.234 e. The van der Waals surface area contributed by atoms with E-state index in [-0.39, 0.29) is 24.2 Å². The topological polar surface area (TPSA) is 32.3 Å². The Morgan fingerprint density at radius 1 is 1.00 bits per heavy atom. The molecule has 1 fully saturated rings. The summed E-state index contributed by atoms with van der Waals surface area (Å²) in [5.74, 6) is 0.782. The number of carbonyl (C=O) groups is 1. The molecule has 2 aromatic carbocycles. The van der Waals surface area contributed by atoms with Gasteiger partial charge in [-0.05, 0) is 49.9 Å². The second-order valence-corrected chi connectivity index (χ2v) is 6.92. The molecule has 3 rings (SSSR count). The molecule has 1 saturated heterocycles. The Kier molecular flexibility index (Phi) is 8.14. The third kappa shape index (κ3) is 5.09. The van der Waals surface area contributed by atoms with Gasteiger partial charge >= 0.3 is 0 Å². The van der Waals surface area contributed by atoms with Crippen molar-refractivity contribution in [2.75, 3.05) is 26.7 Å². The Morgan fingerprint density at radius 3 is 1.96 bits per heavy atom. The van der Waals surface area contributed by atoms with Crippen molar-refractivity contribution >= 4 is 18.3 Å². The molecule has 0 spiro atoms. The van der Waals surface area contributed by atoms with Gasteiger partial charge in [-0.15, -0.1) is 12.4 Å². The second kappa shape index (κ2) is 10.3. The first-order valence-corrected chi connectivity index (χ1v) is 9.33. The largest absolute Gasteiger partial charge is 0.342 e. The van der Waals surface area contributed by atoms with Gasteiger partial charge in [0.15, 0.2) is 0 Å². The molecule has 26 heavy (non-hydrogen) atoms. The summed E-state index contributed by atoms with van der Waals surface area (Å²) in [6, 6.07) is 20.3. The summed E-state index contributed by atoms with van der Waals surface area (Å²) < 4.78 is 0. The number of hydrogen-bond acceptors (Lipinski definition) is 2. The number of rotatable bonds is 6. The van der Waals surface area contributed by atoms with Crippen LogP contribution in [0.5, 0.6) is 0 Å². The van der Waals surface area contributed by atoms with E-state index in [1.807, 2.05) is 43.4 Å². The van der Waals surface area contributed by atoms with Crippen molar-refractivity contribution in [1.82, 2.24) is 10.2 Å². The molecule has 4 heteroatoms. The number of hydrogen-bond donors (Lipinski definition) is 1. The highest BCUT2D eigenvalue weighted by molar-refractivity contribution is 5.87. The van der Waals surface area contributed by atoms with E-state index in [2.05, 4.69) is 34.5 Å². The van der Waals surface area contributed by atoms with Gasteiger partial charge in [-0.25, -0.2) is 0 Å². The molecule has 0 bridgehead atoms. The lowest BCUT2D eigenvalue weighted by Crippen LogP contribution is -2.41. The first kappa shape index (κ1) is 20.5. The molecule has 1 heterocycles. The number of piperidine rings is 1. The molecule has 2 aromatic rings. The van der Waals surface area contributed by atoms with E-state index < -0.39 is 0 Å². The van der Waals surface area contributed by atoms with Crippen LogP contribution in [0.25, 0.3) is 0 Å². The molecule has 0 atom stereocenters. The summed E-state index contributed by atoms with van der Waals surface area (Å²) in [6.45, 7) is 2.82. The van der Waals surface area contributed by atoms with Gasteiger partial charge in [-0.2, -0.15) is 0 Å². The van der Waals surface area contributed by atoms with Gasteiger partial charge in [0, 0.05) is 13.1 Å². The van der Waals surface area contributed by atoms with E-state index in [0.29, 0.717) is 0 Å². The van der Waals surface area contributed by atoms with Gasteiger partial charge in [0.25, 0.3) is 0 Å². The summed E-state index contributed by atoms with van der Waals surface area (Å²) in [6.07, 6.45) is 3.44. The van der Waals surface area contributed by atoms with Crippen molar-refractivity contribution < 1.29 is 4.79 Å². The van der Waals surface area contributed by atoms with Gasteiger partial charge in [-0.3, -0.25) is 4.79 Å². The van der Waals surface area contributed by atoms with Crippen molar-refractivity contribution in [2.24, 2.45) is 5.92 Å². The standard InChI is InChI=1S/C22H28N2O.ClH/c1-23-15-12-18-13-16-24(17-14-18)22(25)21(19-8-4-2-5-9-19)20-10-6-3-7-11-20;/h2-11,18,21,23H,12-17H2,1H3;1H. The summed E-state index contributed by atoms with van der Waals surface area (Å²) in [4.78, 5) is 15.4. The van der Waals surface area contributed by atoms with Crippen LogP contribution in [0.1, 0.15) is 36.3 Å². The molecule has 0 saturated carbocycles. The number of benzene rings is 2. The third-order valence-corrected chi connectivity index (χ3v) is 5.24. The maximum absolute atomic E-state index is 13.3. The lowest BCUT2D eigenvalue weighted by molar-refractivity contribution is -0.133. The van der Waals surface area contributed by atoms with Gasteiger partial charge in [0.1, 0.15) is 0 Å². The molecule has 1 aliphatic rings. The molecule has 1 amide bonds. The van der Waals surface area contributed by atoms with Gasteiger partial charge < -0.3 is 10.2 Å². The Morgan fingerprint density at radius 2 is 1.50 bits per heavy atom. The monoisotopic (exact) mass is 372 g/mol. The number of nitrogens with zero attached hydrogens (tertiary/aromatic N) is 1. The maximum Gasteiger partial charge on any atom is 0.234 e. The minimum Gasteiger partial charge on any atom is -0.342 e. The molecule has 0 aliphatic carbocycles. The van der Waals surface area contributed by atoms with Gasteiger partial charge in [0.2, 0.25) is 5.91 Å². The first-order valence-electron chi connectivity index (χ1n) is 9.33. The van der Waals surface area contributed by atoms with E-state index in [0.717, 1.165) is 49.5 Å². The molecule has 0 aromatic heterocycles. The van der Waals surface area contributed by atoms with Gasteiger partial charge in [-0.1, -0.05) is 60.7 Å². The zero-order chi connectivity index (χ0) is 17.5. The van der Waals surface area contributed by atoms with Crippen molar-refractivity contribution in [3.8, 4) is 0 Å². The number of amides is 1. The van der Waals surface area contributed by atoms with Crippen molar-refractivity contribution in [3.63, 3.8) is 0 Å². The highest BCUT2D eigenvalue weighted by Crippen LogP contribution is 2.29. The Hall–Kier alpha value is -1.84. The van der Waals surface area contributed by atoms with Crippen LogP contribution in [0.4, 0.5) is 0 Å². The average Bonchev–Trinajstić information content (AvgIpc) is 2.68. The first-order chi connectivity index (χ1) is 12.3. The van der Waals surface area contributed by atoms with Crippen LogP contribution in [0.3, 0.4) is 0 Å². The lowest BCUT2D eigenvalue weighted by Gasteiger charge is -2.34. The molecule has 0 radical (unpaired) electrons. The maximum atomic E-state index is 13.3. The van der Waals surface area contributed by atoms with E-state index in [1.165, 1.54) is 6.42 Å². The molecule has 3 nitrogen and oxygen atoms in total. The molecular formula is C22H29ClN2O. The van der Waals surface area contributed by atoms with Crippen LogP contribution in [0.2, 0.25) is 0 Å². The minimum atomic E-state index is -0.198. The number of halogens is 1. The Balaban J connectivity index is 0.00000243. The Bertz CT molecular complexity index is 615. The van der Waals surface area contributed by atoms with Crippen LogP contribution in [-0.4, -0.2) is 37.5 Å². The summed E-state index contributed by atoms with van der Waals surface area (Å²) >= 11 is 0. The molecule has 1 aliphatic heterocycles.